The fourth-order valence-corrected chi connectivity index (χ4v) is 8.24. The topological polar surface area (TPSA) is 8.17 Å². The van der Waals surface area contributed by atoms with E-state index in [4.69, 9.17) is 0 Å². The third-order valence-electron chi connectivity index (χ3n) is 9.94. The minimum absolute atomic E-state index is 1.02. The van der Waals surface area contributed by atoms with Gasteiger partial charge in [0.1, 0.15) is 0 Å². The van der Waals surface area contributed by atoms with Gasteiger partial charge in [0.2, 0.25) is 0 Å². The summed E-state index contributed by atoms with van der Waals surface area (Å²) < 4.78 is 3.49. The van der Waals surface area contributed by atoms with Gasteiger partial charge in [0, 0.05) is 27.5 Å². The van der Waals surface area contributed by atoms with Crippen LogP contribution in [0.4, 0.5) is 17.1 Å². The van der Waals surface area contributed by atoms with Crippen molar-refractivity contribution in [1.82, 2.24) is 4.57 Å². The molecule has 2 nitrogen and oxygen atoms in total. The molecule has 0 unspecified atom stereocenters. The first-order valence-electron chi connectivity index (χ1n) is 16.6. The number of benzene rings is 9. The molecule has 0 radical (unpaired) electrons. The number of hydrogen-bond acceptors (Lipinski definition) is 1. The average molecular weight is 690 g/mol. The summed E-state index contributed by atoms with van der Waals surface area (Å²) in [5.41, 5.74) is 6.76. The number of rotatable bonds is 4. The summed E-state index contributed by atoms with van der Waals surface area (Å²) >= 11 is 4.22. The van der Waals surface area contributed by atoms with E-state index in [1.165, 1.54) is 64.9 Å². The smallest absolute Gasteiger partial charge is 0.0656 e. The van der Waals surface area contributed by atoms with Crippen LogP contribution in [-0.2, 0) is 0 Å². The van der Waals surface area contributed by atoms with Crippen LogP contribution >= 0.6 is 15.9 Å². The number of fused-ring (bicyclic) bond motifs is 8. The van der Waals surface area contributed by atoms with Gasteiger partial charge >= 0.3 is 0 Å². The van der Waals surface area contributed by atoms with Gasteiger partial charge in [-0.25, -0.2) is 0 Å². The number of aromatic nitrogens is 1. The van der Waals surface area contributed by atoms with Crippen molar-refractivity contribution >= 4 is 97.9 Å². The fraction of sp³-hybridized carbons (Fsp3) is 0. The van der Waals surface area contributed by atoms with Crippen LogP contribution in [0.2, 0.25) is 0 Å². The van der Waals surface area contributed by atoms with Crippen LogP contribution in [0.25, 0.3) is 70.6 Å². The molecular weight excluding hydrogens is 660 g/mol. The molecule has 0 aliphatic heterocycles. The first kappa shape index (κ1) is 28.1. The second-order valence-electron chi connectivity index (χ2n) is 12.7. The molecule has 1 aromatic heterocycles. The lowest BCUT2D eigenvalue weighted by Crippen LogP contribution is -2.12. The molecule has 1 heterocycles. The van der Waals surface area contributed by atoms with E-state index in [0.29, 0.717) is 0 Å². The van der Waals surface area contributed by atoms with E-state index in [-0.39, 0.29) is 0 Å². The van der Waals surface area contributed by atoms with Gasteiger partial charge in [-0.3, -0.25) is 0 Å². The molecule has 0 fully saturated rings. The van der Waals surface area contributed by atoms with E-state index < -0.39 is 0 Å². The summed E-state index contributed by atoms with van der Waals surface area (Å²) in [4.78, 5) is 2.38. The van der Waals surface area contributed by atoms with Crippen molar-refractivity contribution in [3.05, 3.63) is 180 Å². The third-order valence-corrected chi connectivity index (χ3v) is 10.8. The normalized spacial score (nSPS) is 11.8. The maximum Gasteiger partial charge on any atom is 0.0656 e. The van der Waals surface area contributed by atoms with E-state index in [2.05, 4.69) is 201 Å². The Balaban J connectivity index is 1.28. The molecule has 0 aliphatic rings. The lowest BCUT2D eigenvalue weighted by Gasteiger charge is -2.28. The van der Waals surface area contributed by atoms with Crippen LogP contribution in [0.1, 0.15) is 0 Å². The lowest BCUT2D eigenvalue weighted by molar-refractivity contribution is 1.16. The summed E-state index contributed by atoms with van der Waals surface area (Å²) in [5.74, 6) is 0. The number of anilines is 3. The Morgan fingerprint density at radius 2 is 0.918 bits per heavy atom. The van der Waals surface area contributed by atoms with Crippen LogP contribution in [0.5, 0.6) is 0 Å². The molecule has 0 atom stereocenters. The Kier molecular flexibility index (Phi) is 6.37. The second-order valence-corrected chi connectivity index (χ2v) is 13.5. The van der Waals surface area contributed by atoms with Crippen molar-refractivity contribution in [1.29, 1.82) is 0 Å². The molecule has 0 saturated heterocycles. The van der Waals surface area contributed by atoms with Gasteiger partial charge < -0.3 is 9.47 Å². The highest BCUT2D eigenvalue weighted by molar-refractivity contribution is 9.10. The number of hydrogen-bond donors (Lipinski definition) is 0. The lowest BCUT2D eigenvalue weighted by atomic mass is 10.0. The molecule has 0 spiro atoms. The highest BCUT2D eigenvalue weighted by Crippen LogP contribution is 2.46. The van der Waals surface area contributed by atoms with Gasteiger partial charge in [-0.1, -0.05) is 127 Å². The van der Waals surface area contributed by atoms with Crippen LogP contribution in [0.15, 0.2) is 180 Å². The number of nitrogens with zero attached hydrogens (tertiary/aromatic N) is 2. The Morgan fingerprint density at radius 3 is 1.57 bits per heavy atom. The van der Waals surface area contributed by atoms with Crippen LogP contribution in [0, 0.1) is 0 Å². The third kappa shape index (κ3) is 4.47. The molecule has 0 bridgehead atoms. The van der Waals surface area contributed by atoms with Gasteiger partial charge in [-0.2, -0.15) is 0 Å². The molecule has 0 amide bonds. The zero-order valence-corrected chi connectivity index (χ0v) is 28.1. The summed E-state index contributed by atoms with van der Waals surface area (Å²) in [7, 11) is 0. The molecule has 49 heavy (non-hydrogen) atoms. The van der Waals surface area contributed by atoms with Crippen molar-refractivity contribution in [2.24, 2.45) is 0 Å². The largest absolute Gasteiger partial charge is 0.309 e. The van der Waals surface area contributed by atoms with Gasteiger partial charge in [-0.05, 0) is 102 Å². The van der Waals surface area contributed by atoms with Crippen molar-refractivity contribution in [2.45, 2.75) is 0 Å². The highest BCUT2D eigenvalue weighted by Gasteiger charge is 2.22. The summed E-state index contributed by atoms with van der Waals surface area (Å²) in [5, 5.41) is 12.3. The molecule has 230 valence electrons. The van der Waals surface area contributed by atoms with Crippen LogP contribution in [0.3, 0.4) is 0 Å². The standard InChI is InChI=1S/C46H29BrN2/c47-45-42(48(37-23-20-30-10-1-3-13-33(30)26-37)38-24-21-31-11-2-4-14-34(31)27-38)18-9-19-43(45)49-44-29-36-16-6-5-15-35(36)28-41(44)40-25-22-32-12-7-8-17-39(32)46(40)49/h1-29H. The second kappa shape index (κ2) is 11.1. The summed E-state index contributed by atoms with van der Waals surface area (Å²) in [6.07, 6.45) is 0. The fourth-order valence-electron chi connectivity index (χ4n) is 7.63. The van der Waals surface area contributed by atoms with Gasteiger partial charge in [-0.15, -0.1) is 0 Å². The Bertz CT molecular complexity index is 2840. The van der Waals surface area contributed by atoms with E-state index in [1.807, 2.05) is 0 Å². The highest BCUT2D eigenvalue weighted by atomic mass is 79.9. The Morgan fingerprint density at radius 1 is 0.388 bits per heavy atom. The van der Waals surface area contributed by atoms with E-state index in [0.717, 1.165) is 27.2 Å². The summed E-state index contributed by atoms with van der Waals surface area (Å²) in [6, 6.07) is 63.9. The predicted molar refractivity (Wildman–Crippen MR) is 213 cm³/mol. The van der Waals surface area contributed by atoms with Gasteiger partial charge in [0.25, 0.3) is 0 Å². The molecule has 0 N–H and O–H groups in total. The Labute approximate surface area is 292 Å². The molecule has 0 saturated carbocycles. The van der Waals surface area contributed by atoms with E-state index in [1.54, 1.807) is 0 Å². The molecular formula is C46H29BrN2. The molecule has 9 aromatic carbocycles. The molecule has 3 heteroatoms. The SMILES string of the molecule is Brc1c(N(c2ccc3ccccc3c2)c2ccc3ccccc3c2)cccc1-n1c2cc3ccccc3cc2c2ccc3ccccc3c21. The monoisotopic (exact) mass is 688 g/mol. The van der Waals surface area contributed by atoms with E-state index >= 15 is 0 Å². The van der Waals surface area contributed by atoms with Gasteiger partial charge in [0.05, 0.1) is 26.9 Å². The van der Waals surface area contributed by atoms with Crippen molar-refractivity contribution in [3.8, 4) is 5.69 Å². The minimum Gasteiger partial charge on any atom is -0.309 e. The maximum absolute atomic E-state index is 4.22. The van der Waals surface area contributed by atoms with Crippen LogP contribution in [-0.4, -0.2) is 4.57 Å². The van der Waals surface area contributed by atoms with Crippen molar-refractivity contribution < 1.29 is 0 Å². The number of halogens is 1. The molecule has 0 aliphatic carbocycles. The predicted octanol–water partition coefficient (Wildman–Crippen LogP) is 13.6. The first-order valence-corrected chi connectivity index (χ1v) is 17.4. The maximum atomic E-state index is 4.22. The van der Waals surface area contributed by atoms with E-state index in [9.17, 15) is 0 Å². The molecule has 10 rings (SSSR count). The summed E-state index contributed by atoms with van der Waals surface area (Å²) in [6.45, 7) is 0. The van der Waals surface area contributed by atoms with Crippen molar-refractivity contribution in [2.75, 3.05) is 4.90 Å². The van der Waals surface area contributed by atoms with Gasteiger partial charge in [0.15, 0.2) is 0 Å². The average Bonchev–Trinajstić information content (AvgIpc) is 3.48. The Hall–Kier alpha value is -5.90. The van der Waals surface area contributed by atoms with Crippen LogP contribution < -0.4 is 4.90 Å². The minimum atomic E-state index is 1.02. The molecule has 10 aromatic rings. The van der Waals surface area contributed by atoms with Crippen molar-refractivity contribution in [3.63, 3.8) is 0 Å². The quantitative estimate of drug-likeness (QED) is 0.179. The zero-order chi connectivity index (χ0) is 32.5. The zero-order valence-electron chi connectivity index (χ0n) is 26.5. The first-order chi connectivity index (χ1) is 24.2.